The number of pyridine rings is 1. The number of para-hydroxylation sites is 1. The second-order valence-corrected chi connectivity index (χ2v) is 6.20. The van der Waals surface area contributed by atoms with Gasteiger partial charge in [0.2, 0.25) is 0 Å². The van der Waals surface area contributed by atoms with Gasteiger partial charge in [-0.15, -0.1) is 0 Å². The summed E-state index contributed by atoms with van der Waals surface area (Å²) >= 11 is 0. The highest BCUT2D eigenvalue weighted by atomic mass is 16.2. The van der Waals surface area contributed by atoms with Crippen molar-refractivity contribution >= 4 is 11.6 Å². The van der Waals surface area contributed by atoms with Crippen molar-refractivity contribution in [3.63, 3.8) is 0 Å². The number of carbonyl (C=O) groups is 1. The van der Waals surface area contributed by atoms with Crippen LogP contribution in [0.5, 0.6) is 0 Å². The molecule has 26 heavy (non-hydrogen) atoms. The van der Waals surface area contributed by atoms with E-state index in [1.807, 2.05) is 68.4 Å². The van der Waals surface area contributed by atoms with Gasteiger partial charge in [0.25, 0.3) is 11.5 Å². The summed E-state index contributed by atoms with van der Waals surface area (Å²) in [5.41, 5.74) is 3.42. The van der Waals surface area contributed by atoms with Gasteiger partial charge in [-0.3, -0.25) is 9.59 Å². The maximum Gasteiger partial charge on any atom is 0.259 e. The molecule has 0 saturated heterocycles. The van der Waals surface area contributed by atoms with Gasteiger partial charge < -0.3 is 9.47 Å². The van der Waals surface area contributed by atoms with Crippen molar-refractivity contribution in [1.29, 1.82) is 0 Å². The molecular weight excluding hydrogens is 324 g/mol. The minimum atomic E-state index is -0.118. The van der Waals surface area contributed by atoms with Gasteiger partial charge in [0.1, 0.15) is 0 Å². The lowest BCUT2D eigenvalue weighted by atomic mass is 10.1. The van der Waals surface area contributed by atoms with Crippen molar-refractivity contribution in [2.75, 3.05) is 11.4 Å². The largest absolute Gasteiger partial charge is 0.310 e. The Balaban J connectivity index is 1.93. The van der Waals surface area contributed by atoms with Crippen LogP contribution in [0.4, 0.5) is 5.69 Å². The van der Waals surface area contributed by atoms with Crippen LogP contribution in [0.2, 0.25) is 0 Å². The molecular formula is C22H22N2O2. The van der Waals surface area contributed by atoms with Crippen LogP contribution in [0.25, 0.3) is 0 Å². The monoisotopic (exact) mass is 346 g/mol. The van der Waals surface area contributed by atoms with Gasteiger partial charge in [0.05, 0.1) is 12.1 Å². The molecule has 3 aromatic rings. The first-order valence-electron chi connectivity index (χ1n) is 8.72. The Morgan fingerprint density at radius 2 is 1.65 bits per heavy atom. The zero-order chi connectivity index (χ0) is 18.5. The van der Waals surface area contributed by atoms with E-state index in [-0.39, 0.29) is 11.5 Å². The topological polar surface area (TPSA) is 42.3 Å². The van der Waals surface area contributed by atoms with Crippen molar-refractivity contribution in [3.05, 3.63) is 100.0 Å². The standard InChI is InChI=1S/C22H22N2O2/c1-3-24(20-11-5-4-6-12-20)22(26)19-13-14-21(25)23(16-19)15-18-10-8-7-9-17(18)2/h4-14,16H,3,15H2,1-2H3. The quantitative estimate of drug-likeness (QED) is 0.704. The summed E-state index contributed by atoms with van der Waals surface area (Å²) in [6.45, 7) is 4.96. The number of amides is 1. The van der Waals surface area contributed by atoms with Gasteiger partial charge in [0, 0.05) is 24.5 Å². The maximum atomic E-state index is 13.0. The van der Waals surface area contributed by atoms with Gasteiger partial charge in [0.15, 0.2) is 0 Å². The summed E-state index contributed by atoms with van der Waals surface area (Å²) in [5, 5.41) is 0. The molecule has 1 heterocycles. The van der Waals surface area contributed by atoms with E-state index in [1.165, 1.54) is 6.07 Å². The summed E-state index contributed by atoms with van der Waals surface area (Å²) in [7, 11) is 0. The van der Waals surface area contributed by atoms with E-state index < -0.39 is 0 Å². The molecule has 0 atom stereocenters. The van der Waals surface area contributed by atoms with Crippen LogP contribution in [0.15, 0.2) is 77.7 Å². The molecule has 0 saturated carbocycles. The average molecular weight is 346 g/mol. The van der Waals surface area contributed by atoms with Gasteiger partial charge in [-0.1, -0.05) is 42.5 Å². The van der Waals surface area contributed by atoms with Gasteiger partial charge in [-0.25, -0.2) is 0 Å². The Labute approximate surface area is 153 Å². The van der Waals surface area contributed by atoms with Crippen molar-refractivity contribution in [2.24, 2.45) is 0 Å². The molecule has 0 aliphatic heterocycles. The van der Waals surface area contributed by atoms with Crippen LogP contribution in [0.3, 0.4) is 0 Å². The molecule has 0 aliphatic carbocycles. The normalized spacial score (nSPS) is 10.5. The second-order valence-electron chi connectivity index (χ2n) is 6.20. The third kappa shape index (κ3) is 3.75. The van der Waals surface area contributed by atoms with E-state index in [9.17, 15) is 9.59 Å². The Kier molecular flexibility index (Phi) is 5.32. The van der Waals surface area contributed by atoms with Crippen molar-refractivity contribution in [2.45, 2.75) is 20.4 Å². The number of rotatable bonds is 5. The molecule has 1 amide bonds. The number of benzene rings is 2. The van der Waals surface area contributed by atoms with Crippen LogP contribution < -0.4 is 10.5 Å². The van der Waals surface area contributed by atoms with Crippen LogP contribution >= 0.6 is 0 Å². The van der Waals surface area contributed by atoms with E-state index in [0.717, 1.165) is 16.8 Å². The minimum Gasteiger partial charge on any atom is -0.310 e. The van der Waals surface area contributed by atoms with Crippen molar-refractivity contribution in [1.82, 2.24) is 4.57 Å². The fraction of sp³-hybridized carbons (Fsp3) is 0.182. The first-order chi connectivity index (χ1) is 12.6. The highest BCUT2D eigenvalue weighted by Crippen LogP contribution is 2.16. The summed E-state index contributed by atoms with van der Waals surface area (Å²) in [5.74, 6) is -0.114. The maximum absolute atomic E-state index is 13.0. The van der Waals surface area contributed by atoms with Crippen LogP contribution in [-0.4, -0.2) is 17.0 Å². The Morgan fingerprint density at radius 3 is 2.35 bits per heavy atom. The lowest BCUT2D eigenvalue weighted by Gasteiger charge is -2.21. The highest BCUT2D eigenvalue weighted by molar-refractivity contribution is 6.05. The number of hydrogen-bond donors (Lipinski definition) is 0. The van der Waals surface area contributed by atoms with Gasteiger partial charge in [-0.05, 0) is 43.2 Å². The first-order valence-corrected chi connectivity index (χ1v) is 8.72. The van der Waals surface area contributed by atoms with Crippen LogP contribution in [0, 0.1) is 6.92 Å². The SMILES string of the molecule is CCN(C(=O)c1ccc(=O)n(Cc2ccccc2C)c1)c1ccccc1. The molecule has 0 unspecified atom stereocenters. The smallest absolute Gasteiger partial charge is 0.259 e. The number of aryl methyl sites for hydroxylation is 1. The van der Waals surface area contributed by atoms with E-state index in [4.69, 9.17) is 0 Å². The summed E-state index contributed by atoms with van der Waals surface area (Å²) in [4.78, 5) is 26.9. The zero-order valence-corrected chi connectivity index (χ0v) is 15.1. The summed E-state index contributed by atoms with van der Waals surface area (Å²) in [6, 6.07) is 20.6. The van der Waals surface area contributed by atoms with E-state index in [2.05, 4.69) is 0 Å². The lowest BCUT2D eigenvalue weighted by molar-refractivity contribution is 0.0987. The lowest BCUT2D eigenvalue weighted by Crippen LogP contribution is -2.32. The predicted molar refractivity (Wildman–Crippen MR) is 105 cm³/mol. The van der Waals surface area contributed by atoms with Crippen LogP contribution in [-0.2, 0) is 6.54 Å². The third-order valence-electron chi connectivity index (χ3n) is 4.46. The number of carbonyl (C=O) groups excluding carboxylic acids is 1. The fourth-order valence-electron chi connectivity index (χ4n) is 2.96. The minimum absolute atomic E-state index is 0.114. The molecule has 1 aromatic heterocycles. The molecule has 0 bridgehead atoms. The molecule has 3 rings (SSSR count). The Bertz CT molecular complexity index is 961. The Hall–Kier alpha value is -3.14. The van der Waals surface area contributed by atoms with Crippen molar-refractivity contribution in [3.8, 4) is 0 Å². The molecule has 2 aromatic carbocycles. The molecule has 0 N–H and O–H groups in total. The Morgan fingerprint density at radius 1 is 0.962 bits per heavy atom. The molecule has 0 spiro atoms. The summed E-state index contributed by atoms with van der Waals surface area (Å²) in [6.07, 6.45) is 1.66. The average Bonchev–Trinajstić information content (AvgIpc) is 2.66. The third-order valence-corrected chi connectivity index (χ3v) is 4.46. The van der Waals surface area contributed by atoms with E-state index in [1.54, 1.807) is 21.7 Å². The highest BCUT2D eigenvalue weighted by Gasteiger charge is 2.17. The molecule has 4 heteroatoms. The van der Waals surface area contributed by atoms with E-state index >= 15 is 0 Å². The van der Waals surface area contributed by atoms with Crippen LogP contribution in [0.1, 0.15) is 28.4 Å². The number of hydrogen-bond acceptors (Lipinski definition) is 2. The zero-order valence-electron chi connectivity index (χ0n) is 15.1. The molecule has 0 fully saturated rings. The molecule has 4 nitrogen and oxygen atoms in total. The fourth-order valence-corrected chi connectivity index (χ4v) is 2.96. The van der Waals surface area contributed by atoms with Gasteiger partial charge in [-0.2, -0.15) is 0 Å². The first kappa shape index (κ1) is 17.7. The van der Waals surface area contributed by atoms with E-state index in [0.29, 0.717) is 18.7 Å². The molecule has 0 radical (unpaired) electrons. The van der Waals surface area contributed by atoms with Crippen molar-refractivity contribution < 1.29 is 4.79 Å². The summed E-state index contributed by atoms with van der Waals surface area (Å²) < 4.78 is 1.59. The predicted octanol–water partition coefficient (Wildman–Crippen LogP) is 3.87. The number of aromatic nitrogens is 1. The van der Waals surface area contributed by atoms with Gasteiger partial charge >= 0.3 is 0 Å². The number of nitrogens with zero attached hydrogens (tertiary/aromatic N) is 2. The number of anilines is 1. The molecule has 132 valence electrons. The molecule has 0 aliphatic rings. The second kappa shape index (κ2) is 7.83.